The van der Waals surface area contributed by atoms with Crippen molar-refractivity contribution in [3.8, 4) is 5.69 Å². The van der Waals surface area contributed by atoms with E-state index in [2.05, 4.69) is 31.4 Å². The van der Waals surface area contributed by atoms with Crippen molar-refractivity contribution in [1.82, 2.24) is 14.8 Å². The number of hydrogen-bond donors (Lipinski definition) is 2. The average molecular weight is 432 g/mol. The lowest BCUT2D eigenvalue weighted by atomic mass is 10.2. The topological polar surface area (TPSA) is 85.8 Å². The van der Waals surface area contributed by atoms with Crippen LogP contribution in [-0.2, 0) is 4.79 Å². The Morgan fingerprint density at radius 1 is 1.19 bits per heavy atom. The first-order valence-corrected chi connectivity index (χ1v) is 9.76. The molecule has 1 amide bonds. The molecule has 0 spiro atoms. The molecule has 26 heavy (non-hydrogen) atoms. The molecule has 0 bridgehead atoms. The van der Waals surface area contributed by atoms with E-state index >= 15 is 0 Å². The largest absolute Gasteiger partial charge is 0.375 e. The number of para-hydroxylation sites is 1. The maximum Gasteiger partial charge on any atom is 0.227 e. The summed E-state index contributed by atoms with van der Waals surface area (Å²) in [4.78, 5) is 11.2. The molecule has 1 atom stereocenters. The Kier molecular flexibility index (Phi) is 5.95. The van der Waals surface area contributed by atoms with Gasteiger partial charge in [-0.05, 0) is 43.3 Å². The Hall–Kier alpha value is -2.32. The fourth-order valence-electron chi connectivity index (χ4n) is 2.47. The molecule has 0 aliphatic rings. The smallest absolute Gasteiger partial charge is 0.227 e. The molecule has 3 N–H and O–H groups in total. The van der Waals surface area contributed by atoms with Gasteiger partial charge in [-0.25, -0.2) is 0 Å². The lowest BCUT2D eigenvalue weighted by Crippen LogP contribution is -2.15. The molecule has 0 fully saturated rings. The fourth-order valence-corrected chi connectivity index (χ4v) is 3.43. The number of rotatable bonds is 7. The third-order valence-corrected chi connectivity index (χ3v) is 5.11. The first kappa shape index (κ1) is 18.5. The van der Waals surface area contributed by atoms with Crippen molar-refractivity contribution in [2.24, 2.45) is 5.73 Å². The van der Waals surface area contributed by atoms with Crippen molar-refractivity contribution in [2.75, 3.05) is 11.1 Å². The predicted molar refractivity (Wildman–Crippen MR) is 107 cm³/mol. The van der Waals surface area contributed by atoms with Crippen molar-refractivity contribution >= 4 is 39.3 Å². The van der Waals surface area contributed by atoms with Gasteiger partial charge >= 0.3 is 0 Å². The van der Waals surface area contributed by atoms with E-state index in [-0.39, 0.29) is 17.7 Å². The monoisotopic (exact) mass is 431 g/mol. The summed E-state index contributed by atoms with van der Waals surface area (Å²) in [5.74, 6) is 0.519. The van der Waals surface area contributed by atoms with Gasteiger partial charge in [0.05, 0.1) is 11.8 Å². The van der Waals surface area contributed by atoms with E-state index in [4.69, 9.17) is 5.73 Å². The van der Waals surface area contributed by atoms with Crippen LogP contribution in [0.4, 0.5) is 5.69 Å². The van der Waals surface area contributed by atoms with Gasteiger partial charge in [-0.1, -0.05) is 45.9 Å². The van der Waals surface area contributed by atoms with Gasteiger partial charge in [0.2, 0.25) is 5.91 Å². The maximum atomic E-state index is 11.2. The second-order valence-electron chi connectivity index (χ2n) is 5.64. The highest BCUT2D eigenvalue weighted by molar-refractivity contribution is 9.10. The minimum atomic E-state index is -0.389. The number of amides is 1. The molecule has 6 nitrogen and oxygen atoms in total. The van der Waals surface area contributed by atoms with Crippen LogP contribution in [0.15, 0.2) is 64.2 Å². The third-order valence-electron chi connectivity index (χ3n) is 3.63. The first-order valence-electron chi connectivity index (χ1n) is 7.98. The Morgan fingerprint density at radius 2 is 1.88 bits per heavy atom. The molecule has 0 aliphatic carbocycles. The van der Waals surface area contributed by atoms with Crippen molar-refractivity contribution in [3.63, 3.8) is 0 Å². The number of nitrogens with zero attached hydrogens (tertiary/aromatic N) is 3. The van der Waals surface area contributed by atoms with Crippen LogP contribution in [0.3, 0.4) is 0 Å². The van der Waals surface area contributed by atoms with E-state index in [1.807, 2.05) is 66.1 Å². The van der Waals surface area contributed by atoms with Crippen molar-refractivity contribution in [1.29, 1.82) is 0 Å². The van der Waals surface area contributed by atoms with Gasteiger partial charge < -0.3 is 11.1 Å². The number of thioether (sulfide) groups is 1. The molecule has 2 aromatic carbocycles. The van der Waals surface area contributed by atoms with Gasteiger partial charge in [0.1, 0.15) is 0 Å². The molecule has 3 rings (SSSR count). The van der Waals surface area contributed by atoms with E-state index in [9.17, 15) is 4.79 Å². The van der Waals surface area contributed by atoms with E-state index in [1.54, 1.807) is 0 Å². The number of hydrogen-bond acceptors (Lipinski definition) is 5. The van der Waals surface area contributed by atoms with Gasteiger partial charge in [-0.2, -0.15) is 0 Å². The highest BCUT2D eigenvalue weighted by Gasteiger charge is 2.20. The summed E-state index contributed by atoms with van der Waals surface area (Å²) < 4.78 is 2.97. The zero-order valence-corrected chi connectivity index (χ0v) is 16.5. The zero-order valence-electron chi connectivity index (χ0n) is 14.1. The van der Waals surface area contributed by atoms with Crippen LogP contribution in [0.5, 0.6) is 0 Å². The lowest BCUT2D eigenvalue weighted by molar-refractivity contribution is -0.115. The van der Waals surface area contributed by atoms with Crippen LogP contribution < -0.4 is 11.1 Å². The first-order chi connectivity index (χ1) is 12.5. The van der Waals surface area contributed by atoms with Gasteiger partial charge in [-0.15, -0.1) is 10.2 Å². The number of primary amides is 1. The van der Waals surface area contributed by atoms with Gasteiger partial charge in [-0.3, -0.25) is 9.36 Å². The minimum Gasteiger partial charge on any atom is -0.375 e. The van der Waals surface area contributed by atoms with Crippen LogP contribution in [-0.4, -0.2) is 26.4 Å². The normalized spacial score (nSPS) is 11.9. The van der Waals surface area contributed by atoms with Crippen LogP contribution in [0.2, 0.25) is 0 Å². The Bertz CT molecular complexity index is 882. The average Bonchev–Trinajstić information content (AvgIpc) is 3.06. The molecule has 0 unspecified atom stereocenters. The molecule has 1 heterocycles. The standard InChI is InChI=1S/C18H18BrN5OS/c1-12(21-14-9-7-13(19)8-10-14)17-22-23-18(26-11-16(20)25)24(17)15-5-3-2-4-6-15/h2-10,12,21H,11H2,1H3,(H2,20,25)/t12-/m0/s1. The van der Waals surface area contributed by atoms with Crippen LogP contribution in [0.1, 0.15) is 18.8 Å². The molecule has 3 aromatic rings. The summed E-state index contributed by atoms with van der Waals surface area (Å²) >= 11 is 4.71. The highest BCUT2D eigenvalue weighted by Crippen LogP contribution is 2.27. The molecule has 134 valence electrons. The zero-order chi connectivity index (χ0) is 18.5. The Balaban J connectivity index is 1.92. The Labute approximate surface area is 164 Å². The number of carbonyl (C=O) groups is 1. The summed E-state index contributed by atoms with van der Waals surface area (Å²) in [6.45, 7) is 2.02. The number of carbonyl (C=O) groups excluding carboxylic acids is 1. The predicted octanol–water partition coefficient (Wildman–Crippen LogP) is 3.78. The lowest BCUT2D eigenvalue weighted by Gasteiger charge is -2.17. The van der Waals surface area contributed by atoms with Gasteiger partial charge in [0.15, 0.2) is 11.0 Å². The SMILES string of the molecule is C[C@H](Nc1ccc(Br)cc1)c1nnc(SCC(N)=O)n1-c1ccccc1. The molecule has 1 aromatic heterocycles. The summed E-state index contributed by atoms with van der Waals surface area (Å²) in [5.41, 5.74) is 7.19. The summed E-state index contributed by atoms with van der Waals surface area (Å²) in [6.07, 6.45) is 0. The van der Waals surface area contributed by atoms with Crippen LogP contribution >= 0.6 is 27.7 Å². The minimum absolute atomic E-state index is 0.0909. The molecular weight excluding hydrogens is 414 g/mol. The maximum absolute atomic E-state index is 11.2. The van der Waals surface area contributed by atoms with Crippen LogP contribution in [0.25, 0.3) is 5.69 Å². The summed E-state index contributed by atoms with van der Waals surface area (Å²) in [5, 5.41) is 12.7. The number of nitrogens with one attached hydrogen (secondary N) is 1. The third kappa shape index (κ3) is 4.44. The van der Waals surface area contributed by atoms with E-state index in [0.717, 1.165) is 21.7 Å². The van der Waals surface area contributed by atoms with E-state index in [1.165, 1.54) is 11.8 Å². The summed E-state index contributed by atoms with van der Waals surface area (Å²) in [6, 6.07) is 17.7. The number of benzene rings is 2. The Morgan fingerprint density at radius 3 is 2.54 bits per heavy atom. The van der Waals surface area contributed by atoms with Crippen LogP contribution in [0, 0.1) is 0 Å². The molecule has 0 aliphatic heterocycles. The molecule has 0 saturated heterocycles. The highest BCUT2D eigenvalue weighted by atomic mass is 79.9. The molecule has 0 radical (unpaired) electrons. The van der Waals surface area contributed by atoms with Crippen molar-refractivity contribution in [2.45, 2.75) is 18.1 Å². The van der Waals surface area contributed by atoms with E-state index < -0.39 is 0 Å². The summed E-state index contributed by atoms with van der Waals surface area (Å²) in [7, 11) is 0. The number of nitrogens with two attached hydrogens (primary N) is 1. The van der Waals surface area contributed by atoms with Gasteiger partial charge in [0, 0.05) is 15.8 Å². The van der Waals surface area contributed by atoms with E-state index in [0.29, 0.717) is 5.16 Å². The van der Waals surface area contributed by atoms with Crippen molar-refractivity contribution in [3.05, 3.63) is 64.9 Å². The number of halogens is 1. The fraction of sp³-hybridized carbons (Fsp3) is 0.167. The number of anilines is 1. The second-order valence-corrected chi connectivity index (χ2v) is 7.50. The second kappa shape index (κ2) is 8.37. The molecule has 0 saturated carbocycles. The number of aromatic nitrogens is 3. The molecule has 8 heteroatoms. The van der Waals surface area contributed by atoms with Gasteiger partial charge in [0.25, 0.3) is 0 Å². The molecular formula is C18H18BrN5OS. The quantitative estimate of drug-likeness (QED) is 0.555. The van der Waals surface area contributed by atoms with Crippen molar-refractivity contribution < 1.29 is 4.79 Å².